The largest absolute Gasteiger partial charge is 0.329 e. The predicted octanol–water partition coefficient (Wildman–Crippen LogP) is 1.14. The highest BCUT2D eigenvalue weighted by Crippen LogP contribution is 2.00. The summed E-state index contributed by atoms with van der Waals surface area (Å²) in [5.41, 5.74) is 7.86. The predicted molar refractivity (Wildman–Crippen MR) is 71.9 cm³/mol. The fourth-order valence-electron chi connectivity index (χ4n) is 1.76. The first-order valence-corrected chi connectivity index (χ1v) is 6.12. The van der Waals surface area contributed by atoms with Gasteiger partial charge in [0.1, 0.15) is 0 Å². The molecule has 4 nitrogen and oxygen atoms in total. The van der Waals surface area contributed by atoms with Gasteiger partial charge in [-0.3, -0.25) is 9.97 Å². The quantitative estimate of drug-likeness (QED) is 0.797. The van der Waals surface area contributed by atoms with Crippen LogP contribution in [0.4, 0.5) is 0 Å². The lowest BCUT2D eigenvalue weighted by atomic mass is 10.1. The van der Waals surface area contributed by atoms with Crippen molar-refractivity contribution in [3.05, 3.63) is 60.2 Å². The van der Waals surface area contributed by atoms with Gasteiger partial charge in [0, 0.05) is 43.6 Å². The highest BCUT2D eigenvalue weighted by Gasteiger charge is 2.07. The maximum Gasteiger partial charge on any atom is 0.0541 e. The van der Waals surface area contributed by atoms with Crippen molar-refractivity contribution in [3.63, 3.8) is 0 Å². The first-order chi connectivity index (χ1) is 8.88. The van der Waals surface area contributed by atoms with Gasteiger partial charge in [-0.15, -0.1) is 0 Å². The van der Waals surface area contributed by atoms with Crippen LogP contribution < -0.4 is 11.1 Å². The molecule has 0 saturated carbocycles. The summed E-state index contributed by atoms with van der Waals surface area (Å²) in [5, 5.41) is 3.41. The molecule has 1 atom stereocenters. The molecule has 0 amide bonds. The number of aromatic nitrogens is 2. The topological polar surface area (TPSA) is 63.8 Å². The van der Waals surface area contributed by atoms with E-state index in [1.807, 2.05) is 42.6 Å². The average molecular weight is 242 g/mol. The lowest BCUT2D eigenvalue weighted by molar-refractivity contribution is 0.507. The molecule has 94 valence electrons. The van der Waals surface area contributed by atoms with E-state index in [-0.39, 0.29) is 6.04 Å². The zero-order valence-electron chi connectivity index (χ0n) is 10.3. The van der Waals surface area contributed by atoms with Gasteiger partial charge in [0.2, 0.25) is 0 Å². The van der Waals surface area contributed by atoms with E-state index >= 15 is 0 Å². The van der Waals surface area contributed by atoms with Crippen molar-refractivity contribution < 1.29 is 0 Å². The van der Waals surface area contributed by atoms with E-state index in [1.165, 1.54) is 0 Å². The number of nitrogens with one attached hydrogen (secondary N) is 1. The summed E-state index contributed by atoms with van der Waals surface area (Å²) in [4.78, 5) is 8.58. The molecule has 2 rings (SSSR count). The number of hydrogen-bond donors (Lipinski definition) is 2. The van der Waals surface area contributed by atoms with Crippen LogP contribution in [0.3, 0.4) is 0 Å². The second-order valence-electron chi connectivity index (χ2n) is 4.16. The van der Waals surface area contributed by atoms with Crippen molar-refractivity contribution in [1.82, 2.24) is 15.3 Å². The van der Waals surface area contributed by atoms with Gasteiger partial charge in [0.25, 0.3) is 0 Å². The summed E-state index contributed by atoms with van der Waals surface area (Å²) < 4.78 is 0. The molecule has 18 heavy (non-hydrogen) atoms. The monoisotopic (exact) mass is 242 g/mol. The minimum absolute atomic E-state index is 0.224. The van der Waals surface area contributed by atoms with Crippen LogP contribution in [0.1, 0.15) is 11.4 Å². The van der Waals surface area contributed by atoms with Gasteiger partial charge in [-0.25, -0.2) is 0 Å². The van der Waals surface area contributed by atoms with Crippen molar-refractivity contribution >= 4 is 0 Å². The van der Waals surface area contributed by atoms with Crippen molar-refractivity contribution in [2.24, 2.45) is 5.73 Å². The van der Waals surface area contributed by atoms with E-state index in [0.29, 0.717) is 6.54 Å². The van der Waals surface area contributed by atoms with Gasteiger partial charge in [-0.05, 0) is 24.3 Å². The third kappa shape index (κ3) is 3.91. The summed E-state index contributed by atoms with van der Waals surface area (Å²) in [6.45, 7) is 1.32. The maximum absolute atomic E-state index is 5.77. The van der Waals surface area contributed by atoms with E-state index < -0.39 is 0 Å². The molecule has 0 aliphatic heterocycles. The van der Waals surface area contributed by atoms with Gasteiger partial charge in [0.05, 0.1) is 5.69 Å². The molecular weight excluding hydrogens is 224 g/mol. The van der Waals surface area contributed by atoms with Crippen LogP contribution in [0.25, 0.3) is 0 Å². The van der Waals surface area contributed by atoms with E-state index in [0.717, 1.165) is 24.4 Å². The Hall–Kier alpha value is -1.78. The Morgan fingerprint density at radius 1 is 1.00 bits per heavy atom. The zero-order valence-corrected chi connectivity index (χ0v) is 10.3. The molecule has 0 aliphatic carbocycles. The van der Waals surface area contributed by atoms with E-state index in [1.54, 1.807) is 6.20 Å². The Balaban J connectivity index is 1.86. The van der Waals surface area contributed by atoms with Crippen LogP contribution in [-0.4, -0.2) is 22.6 Å². The van der Waals surface area contributed by atoms with Crippen molar-refractivity contribution in [3.8, 4) is 0 Å². The number of rotatable bonds is 6. The highest BCUT2D eigenvalue weighted by molar-refractivity contribution is 5.06. The summed E-state index contributed by atoms with van der Waals surface area (Å²) in [5.74, 6) is 0. The molecule has 2 aromatic rings. The molecule has 0 aromatic carbocycles. The smallest absolute Gasteiger partial charge is 0.0541 e. The third-order valence-electron chi connectivity index (χ3n) is 2.76. The first kappa shape index (κ1) is 12.7. The Bertz CT molecular complexity index is 444. The Morgan fingerprint density at radius 2 is 1.67 bits per heavy atom. The standard InChI is InChI=1S/C14H18N4/c15-10-14(9-12-5-1-3-7-16-12)18-11-13-6-2-4-8-17-13/h1-8,14,18H,9-11,15H2. The molecule has 3 N–H and O–H groups in total. The molecule has 1 unspecified atom stereocenters. The van der Waals surface area contributed by atoms with Gasteiger partial charge >= 0.3 is 0 Å². The zero-order chi connectivity index (χ0) is 12.6. The third-order valence-corrected chi connectivity index (χ3v) is 2.76. The minimum Gasteiger partial charge on any atom is -0.329 e. The molecule has 0 fully saturated rings. The van der Waals surface area contributed by atoms with Crippen LogP contribution in [-0.2, 0) is 13.0 Å². The van der Waals surface area contributed by atoms with E-state index in [2.05, 4.69) is 15.3 Å². The van der Waals surface area contributed by atoms with E-state index in [4.69, 9.17) is 5.73 Å². The van der Waals surface area contributed by atoms with Gasteiger partial charge in [0.15, 0.2) is 0 Å². The molecule has 2 heterocycles. The molecule has 0 spiro atoms. The molecule has 4 heteroatoms. The fraction of sp³-hybridized carbons (Fsp3) is 0.286. The van der Waals surface area contributed by atoms with Crippen LogP contribution >= 0.6 is 0 Å². The minimum atomic E-state index is 0.224. The average Bonchev–Trinajstić information content (AvgIpc) is 2.45. The van der Waals surface area contributed by atoms with Crippen LogP contribution in [0, 0.1) is 0 Å². The van der Waals surface area contributed by atoms with Crippen molar-refractivity contribution in [2.45, 2.75) is 19.0 Å². The Morgan fingerprint density at radius 3 is 2.22 bits per heavy atom. The molecule has 0 radical (unpaired) electrons. The number of pyridine rings is 2. The van der Waals surface area contributed by atoms with Crippen molar-refractivity contribution in [2.75, 3.05) is 6.54 Å². The van der Waals surface area contributed by atoms with Gasteiger partial charge in [-0.2, -0.15) is 0 Å². The van der Waals surface area contributed by atoms with Gasteiger partial charge in [-0.1, -0.05) is 12.1 Å². The maximum atomic E-state index is 5.77. The molecule has 0 bridgehead atoms. The Labute approximate surface area is 107 Å². The molecule has 0 saturated heterocycles. The first-order valence-electron chi connectivity index (χ1n) is 6.12. The van der Waals surface area contributed by atoms with E-state index in [9.17, 15) is 0 Å². The Kier molecular flexibility index (Phi) is 4.81. The summed E-state index contributed by atoms with van der Waals surface area (Å²) in [6, 6.07) is 12.1. The highest BCUT2D eigenvalue weighted by atomic mass is 14.9. The molecular formula is C14H18N4. The van der Waals surface area contributed by atoms with Crippen LogP contribution in [0.5, 0.6) is 0 Å². The normalized spacial score (nSPS) is 12.3. The summed E-state index contributed by atoms with van der Waals surface area (Å²) >= 11 is 0. The second kappa shape index (κ2) is 6.83. The number of hydrogen-bond acceptors (Lipinski definition) is 4. The number of nitrogens with two attached hydrogens (primary N) is 1. The van der Waals surface area contributed by atoms with Crippen LogP contribution in [0.15, 0.2) is 48.8 Å². The number of nitrogens with zero attached hydrogens (tertiary/aromatic N) is 2. The lowest BCUT2D eigenvalue weighted by Crippen LogP contribution is -2.37. The lowest BCUT2D eigenvalue weighted by Gasteiger charge is -2.16. The van der Waals surface area contributed by atoms with Crippen LogP contribution in [0.2, 0.25) is 0 Å². The fourth-order valence-corrected chi connectivity index (χ4v) is 1.76. The molecule has 2 aromatic heterocycles. The molecule has 0 aliphatic rings. The summed E-state index contributed by atoms with van der Waals surface area (Å²) in [6.07, 6.45) is 4.44. The van der Waals surface area contributed by atoms with Crippen molar-refractivity contribution in [1.29, 1.82) is 0 Å². The second-order valence-corrected chi connectivity index (χ2v) is 4.16. The SMILES string of the molecule is NCC(Cc1ccccn1)NCc1ccccn1. The van der Waals surface area contributed by atoms with Gasteiger partial charge < -0.3 is 11.1 Å². The summed E-state index contributed by atoms with van der Waals surface area (Å²) in [7, 11) is 0.